The summed E-state index contributed by atoms with van der Waals surface area (Å²) in [6.07, 6.45) is 1.01. The molecule has 0 saturated carbocycles. The molecule has 1 aliphatic rings. The van der Waals surface area contributed by atoms with Crippen molar-refractivity contribution >= 4 is 28.8 Å². The van der Waals surface area contributed by atoms with Crippen LogP contribution in [0.1, 0.15) is 33.5 Å². The molecule has 100 valence electrons. The van der Waals surface area contributed by atoms with Crippen LogP contribution in [0.2, 0.25) is 5.02 Å². The fourth-order valence-electron chi connectivity index (χ4n) is 2.26. The molecule has 2 aromatic rings. The van der Waals surface area contributed by atoms with Gasteiger partial charge in [-0.25, -0.2) is 0 Å². The molecule has 1 aliphatic heterocycles. The van der Waals surface area contributed by atoms with Crippen molar-refractivity contribution in [1.82, 2.24) is 14.7 Å². The average Bonchev–Trinajstić information content (AvgIpc) is 2.93. The molecular formula is C13H14ClN3OS. The Morgan fingerprint density at radius 2 is 2.37 bits per heavy atom. The number of nitrogens with zero attached hydrogens (tertiary/aromatic N) is 3. The van der Waals surface area contributed by atoms with E-state index in [4.69, 9.17) is 11.6 Å². The van der Waals surface area contributed by atoms with Crippen LogP contribution in [0.5, 0.6) is 0 Å². The normalized spacial score (nSPS) is 18.5. The third kappa shape index (κ3) is 1.97. The molecule has 1 saturated heterocycles. The van der Waals surface area contributed by atoms with Crippen LogP contribution in [0.25, 0.3) is 0 Å². The van der Waals surface area contributed by atoms with Crippen molar-refractivity contribution in [2.24, 2.45) is 7.05 Å². The van der Waals surface area contributed by atoms with Crippen LogP contribution in [0.4, 0.5) is 0 Å². The van der Waals surface area contributed by atoms with E-state index < -0.39 is 0 Å². The maximum absolute atomic E-state index is 12.5. The van der Waals surface area contributed by atoms with Gasteiger partial charge in [-0.1, -0.05) is 17.7 Å². The van der Waals surface area contributed by atoms with E-state index in [0.717, 1.165) is 18.7 Å². The number of aromatic nitrogens is 2. The van der Waals surface area contributed by atoms with Crippen LogP contribution < -0.4 is 0 Å². The third-order valence-electron chi connectivity index (χ3n) is 3.62. The van der Waals surface area contributed by atoms with Gasteiger partial charge < -0.3 is 4.90 Å². The molecular weight excluding hydrogens is 282 g/mol. The zero-order valence-electron chi connectivity index (χ0n) is 10.8. The topological polar surface area (TPSA) is 38.1 Å². The first-order valence-electron chi connectivity index (χ1n) is 6.13. The lowest BCUT2D eigenvalue weighted by molar-refractivity contribution is 0.0461. The van der Waals surface area contributed by atoms with Crippen molar-refractivity contribution in [3.05, 3.63) is 38.8 Å². The van der Waals surface area contributed by atoms with Crippen LogP contribution in [0, 0.1) is 6.92 Å². The van der Waals surface area contributed by atoms with Crippen LogP contribution in [0.3, 0.4) is 0 Å². The highest BCUT2D eigenvalue weighted by molar-refractivity contribution is 7.10. The SMILES string of the molecule is Cc1c(Cl)c(C(=O)N2CCC2c2cccs2)nn1C. The lowest BCUT2D eigenvalue weighted by Gasteiger charge is -2.40. The Bertz CT molecular complexity index is 620. The van der Waals surface area contributed by atoms with Crippen molar-refractivity contribution in [1.29, 1.82) is 0 Å². The second kappa shape index (κ2) is 4.65. The van der Waals surface area contributed by atoms with Gasteiger partial charge in [-0.05, 0) is 24.8 Å². The van der Waals surface area contributed by atoms with E-state index in [9.17, 15) is 4.79 Å². The second-order valence-electron chi connectivity index (χ2n) is 4.69. The smallest absolute Gasteiger partial charge is 0.276 e. The number of thiophene rings is 1. The Labute approximate surface area is 120 Å². The molecule has 1 amide bonds. The number of likely N-dealkylation sites (tertiary alicyclic amines) is 1. The van der Waals surface area contributed by atoms with E-state index in [0.29, 0.717) is 10.7 Å². The number of amides is 1. The lowest BCUT2D eigenvalue weighted by atomic mass is 10.0. The zero-order valence-corrected chi connectivity index (χ0v) is 12.3. The van der Waals surface area contributed by atoms with Crippen LogP contribution in [-0.2, 0) is 7.05 Å². The highest BCUT2D eigenvalue weighted by atomic mass is 35.5. The van der Waals surface area contributed by atoms with Crippen molar-refractivity contribution in [2.75, 3.05) is 6.54 Å². The summed E-state index contributed by atoms with van der Waals surface area (Å²) in [7, 11) is 1.80. The molecule has 3 heterocycles. The molecule has 0 N–H and O–H groups in total. The van der Waals surface area contributed by atoms with Gasteiger partial charge in [-0.3, -0.25) is 9.48 Å². The van der Waals surface area contributed by atoms with E-state index in [1.165, 1.54) is 4.88 Å². The average molecular weight is 296 g/mol. The summed E-state index contributed by atoms with van der Waals surface area (Å²) < 4.78 is 1.65. The van der Waals surface area contributed by atoms with E-state index in [1.54, 1.807) is 23.1 Å². The summed E-state index contributed by atoms with van der Waals surface area (Å²) >= 11 is 7.86. The standard InChI is InChI=1S/C13H14ClN3OS/c1-8-11(14)12(15-16(8)2)13(18)17-6-5-9(17)10-4-3-7-19-10/h3-4,7,9H,5-6H2,1-2H3. The van der Waals surface area contributed by atoms with Crippen molar-refractivity contribution in [3.63, 3.8) is 0 Å². The van der Waals surface area contributed by atoms with Gasteiger partial charge in [0, 0.05) is 18.5 Å². The summed E-state index contributed by atoms with van der Waals surface area (Å²) in [5.74, 6) is -0.0710. The number of halogens is 1. The summed E-state index contributed by atoms with van der Waals surface area (Å²) in [5, 5.41) is 6.72. The predicted octanol–water partition coefficient (Wildman–Crippen LogP) is 3.03. The largest absolute Gasteiger partial charge is 0.329 e. The van der Waals surface area contributed by atoms with Gasteiger partial charge in [0.2, 0.25) is 0 Å². The van der Waals surface area contributed by atoms with Crippen LogP contribution in [0.15, 0.2) is 17.5 Å². The highest BCUT2D eigenvalue weighted by Gasteiger charge is 2.36. The first kappa shape index (κ1) is 12.7. The molecule has 1 fully saturated rings. The third-order valence-corrected chi connectivity index (χ3v) is 5.04. The highest BCUT2D eigenvalue weighted by Crippen LogP contribution is 2.37. The number of rotatable bonds is 2. The molecule has 3 rings (SSSR count). The molecule has 19 heavy (non-hydrogen) atoms. The molecule has 0 bridgehead atoms. The molecule has 0 spiro atoms. The Morgan fingerprint density at radius 3 is 2.84 bits per heavy atom. The quantitative estimate of drug-likeness (QED) is 0.854. The summed E-state index contributed by atoms with van der Waals surface area (Å²) in [6, 6.07) is 4.27. The van der Waals surface area contributed by atoms with E-state index >= 15 is 0 Å². The molecule has 1 unspecified atom stereocenters. The molecule has 2 aromatic heterocycles. The van der Waals surface area contributed by atoms with Crippen LogP contribution in [-0.4, -0.2) is 27.1 Å². The molecule has 1 atom stereocenters. The second-order valence-corrected chi connectivity index (χ2v) is 6.05. The zero-order chi connectivity index (χ0) is 13.6. The van der Waals surface area contributed by atoms with Crippen LogP contribution >= 0.6 is 22.9 Å². The van der Waals surface area contributed by atoms with Crippen molar-refractivity contribution < 1.29 is 4.79 Å². The van der Waals surface area contributed by atoms with E-state index in [1.807, 2.05) is 23.3 Å². The Balaban J connectivity index is 1.87. The van der Waals surface area contributed by atoms with Gasteiger partial charge in [0.1, 0.15) is 0 Å². The molecule has 0 radical (unpaired) electrons. The maximum atomic E-state index is 12.5. The first-order chi connectivity index (χ1) is 9.09. The number of hydrogen-bond acceptors (Lipinski definition) is 3. The number of hydrogen-bond donors (Lipinski definition) is 0. The minimum Gasteiger partial charge on any atom is -0.329 e. The minimum atomic E-state index is -0.0710. The Kier molecular flexibility index (Phi) is 3.11. The lowest BCUT2D eigenvalue weighted by Crippen LogP contribution is -2.45. The fourth-order valence-corrected chi connectivity index (χ4v) is 3.38. The number of carbonyl (C=O) groups excluding carboxylic acids is 1. The molecule has 6 heteroatoms. The Morgan fingerprint density at radius 1 is 1.58 bits per heavy atom. The maximum Gasteiger partial charge on any atom is 0.276 e. The summed E-state index contributed by atoms with van der Waals surface area (Å²) in [4.78, 5) is 15.6. The summed E-state index contributed by atoms with van der Waals surface area (Å²) in [6.45, 7) is 2.63. The van der Waals surface area contributed by atoms with Gasteiger partial charge in [-0.15, -0.1) is 11.3 Å². The number of aryl methyl sites for hydroxylation is 1. The first-order valence-corrected chi connectivity index (χ1v) is 7.39. The van der Waals surface area contributed by atoms with Gasteiger partial charge in [-0.2, -0.15) is 5.10 Å². The number of carbonyl (C=O) groups is 1. The van der Waals surface area contributed by atoms with E-state index in [-0.39, 0.29) is 11.9 Å². The monoisotopic (exact) mass is 295 g/mol. The Hall–Kier alpha value is -1.33. The van der Waals surface area contributed by atoms with Gasteiger partial charge in [0.25, 0.3) is 5.91 Å². The van der Waals surface area contributed by atoms with Gasteiger partial charge in [0.15, 0.2) is 5.69 Å². The molecule has 0 aliphatic carbocycles. The van der Waals surface area contributed by atoms with Gasteiger partial charge >= 0.3 is 0 Å². The van der Waals surface area contributed by atoms with E-state index in [2.05, 4.69) is 11.2 Å². The minimum absolute atomic E-state index is 0.0710. The molecule has 4 nitrogen and oxygen atoms in total. The summed E-state index contributed by atoms with van der Waals surface area (Å²) in [5.41, 5.74) is 1.18. The van der Waals surface area contributed by atoms with Crippen molar-refractivity contribution in [3.8, 4) is 0 Å². The molecule has 0 aromatic carbocycles. The van der Waals surface area contributed by atoms with Crippen molar-refractivity contribution in [2.45, 2.75) is 19.4 Å². The predicted molar refractivity (Wildman–Crippen MR) is 75.7 cm³/mol. The van der Waals surface area contributed by atoms with Gasteiger partial charge in [0.05, 0.1) is 16.8 Å². The fraction of sp³-hybridized carbons (Fsp3) is 0.385.